The summed E-state index contributed by atoms with van der Waals surface area (Å²) in [6.45, 7) is 1.82. The molecule has 0 atom stereocenters. The molecule has 1 aromatic carbocycles. The van der Waals surface area contributed by atoms with Crippen molar-refractivity contribution in [1.29, 1.82) is 0 Å². The van der Waals surface area contributed by atoms with Gasteiger partial charge in [0.05, 0.1) is 29.8 Å². The summed E-state index contributed by atoms with van der Waals surface area (Å²) in [4.78, 5) is 35.0. The smallest absolute Gasteiger partial charge is 0.271 e. The van der Waals surface area contributed by atoms with Gasteiger partial charge in [-0.3, -0.25) is 19.1 Å². The number of nitrogens with zero attached hydrogens (tertiary/aromatic N) is 4. The normalized spacial score (nSPS) is 11.0. The summed E-state index contributed by atoms with van der Waals surface area (Å²) in [7, 11) is 0. The molecular weight excluding hydrogens is 368 g/mol. The first-order valence-electron chi connectivity index (χ1n) is 7.86. The molecule has 3 aromatic heterocycles. The molecule has 3 heterocycles. The second-order valence-corrected chi connectivity index (χ2v) is 7.38. The summed E-state index contributed by atoms with van der Waals surface area (Å²) in [5.41, 5.74) is 2.11. The number of benzene rings is 1. The number of rotatable bonds is 4. The van der Waals surface area contributed by atoms with Gasteiger partial charge in [0.15, 0.2) is 5.13 Å². The van der Waals surface area contributed by atoms with E-state index in [1.165, 1.54) is 40.5 Å². The van der Waals surface area contributed by atoms with Crippen LogP contribution in [0.2, 0.25) is 0 Å². The van der Waals surface area contributed by atoms with Crippen LogP contribution in [0, 0.1) is 0 Å². The number of amides is 1. The number of carbonyl (C=O) groups excluding carboxylic acids is 1. The molecule has 0 radical (unpaired) electrons. The van der Waals surface area contributed by atoms with E-state index >= 15 is 0 Å². The highest BCUT2D eigenvalue weighted by Gasteiger charge is 2.18. The van der Waals surface area contributed by atoms with Gasteiger partial charge in [-0.2, -0.15) is 0 Å². The molecule has 0 fully saturated rings. The molecule has 0 bridgehead atoms. The predicted molar refractivity (Wildman–Crippen MR) is 104 cm³/mol. The fourth-order valence-corrected chi connectivity index (χ4v) is 4.31. The Bertz CT molecular complexity index is 1130. The van der Waals surface area contributed by atoms with Gasteiger partial charge in [-0.05, 0) is 23.6 Å². The van der Waals surface area contributed by atoms with Gasteiger partial charge in [-0.1, -0.05) is 18.2 Å². The lowest BCUT2D eigenvalue weighted by atomic mass is 10.3. The zero-order chi connectivity index (χ0) is 18.1. The van der Waals surface area contributed by atoms with Gasteiger partial charge in [0.25, 0.3) is 5.56 Å². The lowest BCUT2D eigenvalue weighted by Gasteiger charge is -2.17. The first kappa shape index (κ1) is 16.6. The fraction of sp³-hybridized carbons (Fsp3) is 0.111. The average Bonchev–Trinajstić information content (AvgIpc) is 3.28. The molecule has 6 nitrogen and oxygen atoms in total. The van der Waals surface area contributed by atoms with Crippen LogP contribution in [0.15, 0.2) is 58.3 Å². The minimum absolute atomic E-state index is 0.0777. The van der Waals surface area contributed by atoms with Crippen molar-refractivity contribution in [3.05, 3.63) is 69.5 Å². The second kappa shape index (κ2) is 6.81. The molecular formula is C18H14N4O2S2. The summed E-state index contributed by atoms with van der Waals surface area (Å²) in [6, 6.07) is 11.2. The number of thiazole rings is 1. The van der Waals surface area contributed by atoms with Crippen LogP contribution in [0.5, 0.6) is 0 Å². The molecule has 0 saturated carbocycles. The van der Waals surface area contributed by atoms with Crippen molar-refractivity contribution >= 4 is 49.6 Å². The molecule has 0 N–H and O–H groups in total. The third-order valence-corrected chi connectivity index (χ3v) is 5.59. The van der Waals surface area contributed by atoms with E-state index in [4.69, 9.17) is 0 Å². The van der Waals surface area contributed by atoms with E-state index in [0.29, 0.717) is 27.6 Å². The van der Waals surface area contributed by atoms with Gasteiger partial charge in [-0.25, -0.2) is 9.97 Å². The SMILES string of the molecule is CC(=O)N(c1ccccc1)c1nc(Cn2cnc3ccsc3c2=O)cs1. The van der Waals surface area contributed by atoms with Crippen molar-refractivity contribution in [3.63, 3.8) is 0 Å². The van der Waals surface area contributed by atoms with Crippen LogP contribution in [-0.2, 0) is 11.3 Å². The zero-order valence-electron chi connectivity index (χ0n) is 13.8. The van der Waals surface area contributed by atoms with E-state index < -0.39 is 0 Å². The Morgan fingerprint density at radius 2 is 2.00 bits per heavy atom. The minimum atomic E-state index is -0.115. The van der Waals surface area contributed by atoms with E-state index in [0.717, 1.165) is 5.69 Å². The first-order valence-corrected chi connectivity index (χ1v) is 9.62. The first-order chi connectivity index (χ1) is 12.6. The average molecular weight is 382 g/mol. The van der Waals surface area contributed by atoms with Gasteiger partial charge >= 0.3 is 0 Å². The molecule has 0 aliphatic carbocycles. The van der Waals surface area contributed by atoms with Gasteiger partial charge < -0.3 is 0 Å². The number of para-hydroxylation sites is 1. The van der Waals surface area contributed by atoms with Crippen LogP contribution in [-0.4, -0.2) is 20.4 Å². The monoisotopic (exact) mass is 382 g/mol. The van der Waals surface area contributed by atoms with Crippen LogP contribution >= 0.6 is 22.7 Å². The summed E-state index contributed by atoms with van der Waals surface area (Å²) >= 11 is 2.76. The number of thiophene rings is 1. The van der Waals surface area contributed by atoms with Crippen molar-refractivity contribution < 1.29 is 4.79 Å². The Morgan fingerprint density at radius 1 is 1.19 bits per heavy atom. The van der Waals surface area contributed by atoms with Crippen LogP contribution < -0.4 is 10.5 Å². The van der Waals surface area contributed by atoms with E-state index in [9.17, 15) is 9.59 Å². The van der Waals surface area contributed by atoms with Crippen molar-refractivity contribution in [2.24, 2.45) is 0 Å². The Balaban J connectivity index is 1.65. The zero-order valence-corrected chi connectivity index (χ0v) is 15.5. The molecule has 130 valence electrons. The second-order valence-electron chi connectivity index (χ2n) is 5.62. The Labute approximate surface area is 157 Å². The molecule has 4 rings (SSSR count). The summed E-state index contributed by atoms with van der Waals surface area (Å²) in [6.07, 6.45) is 1.54. The minimum Gasteiger partial charge on any atom is -0.292 e. The summed E-state index contributed by atoms with van der Waals surface area (Å²) < 4.78 is 2.18. The van der Waals surface area contributed by atoms with Crippen molar-refractivity contribution in [2.45, 2.75) is 13.5 Å². The lowest BCUT2D eigenvalue weighted by Crippen LogP contribution is -2.23. The molecule has 26 heavy (non-hydrogen) atoms. The number of carbonyl (C=O) groups is 1. The quantitative estimate of drug-likeness (QED) is 0.540. The maximum Gasteiger partial charge on any atom is 0.271 e. The highest BCUT2D eigenvalue weighted by molar-refractivity contribution is 7.17. The van der Waals surface area contributed by atoms with Crippen molar-refractivity contribution in [3.8, 4) is 0 Å². The van der Waals surface area contributed by atoms with Crippen LogP contribution in [0.4, 0.5) is 10.8 Å². The molecule has 0 aliphatic rings. The van der Waals surface area contributed by atoms with Gasteiger partial charge in [0.1, 0.15) is 4.70 Å². The highest BCUT2D eigenvalue weighted by Crippen LogP contribution is 2.28. The third-order valence-electron chi connectivity index (χ3n) is 3.83. The molecule has 1 amide bonds. The van der Waals surface area contributed by atoms with E-state index in [-0.39, 0.29) is 11.5 Å². The predicted octanol–water partition coefficient (Wildman–Crippen LogP) is 3.65. The Morgan fingerprint density at radius 3 is 2.77 bits per heavy atom. The molecule has 0 saturated heterocycles. The third kappa shape index (κ3) is 3.04. The summed E-state index contributed by atoms with van der Waals surface area (Å²) in [5.74, 6) is -0.115. The standard InChI is InChI=1S/C18H14N4O2S2/c1-12(23)22(14-5-3-2-4-6-14)18-20-13(10-26-18)9-21-11-19-15-7-8-25-16(15)17(21)24/h2-8,10-11H,9H2,1H3. The van der Waals surface area contributed by atoms with Crippen molar-refractivity contribution in [2.75, 3.05) is 4.90 Å². The molecule has 8 heteroatoms. The van der Waals surface area contributed by atoms with Crippen LogP contribution in [0.25, 0.3) is 10.2 Å². The van der Waals surface area contributed by atoms with Crippen LogP contribution in [0.1, 0.15) is 12.6 Å². The maximum absolute atomic E-state index is 12.5. The van der Waals surface area contributed by atoms with E-state index in [2.05, 4.69) is 9.97 Å². The lowest BCUT2D eigenvalue weighted by molar-refractivity contribution is -0.115. The van der Waals surface area contributed by atoms with Gasteiger partial charge in [-0.15, -0.1) is 22.7 Å². The molecule has 0 unspecified atom stereocenters. The number of hydrogen-bond acceptors (Lipinski definition) is 6. The Hall–Kier alpha value is -2.84. The van der Waals surface area contributed by atoms with E-state index in [1.807, 2.05) is 47.2 Å². The molecule has 4 aromatic rings. The fourth-order valence-electron chi connectivity index (χ4n) is 2.64. The maximum atomic E-state index is 12.5. The topological polar surface area (TPSA) is 68.1 Å². The molecule has 0 aliphatic heterocycles. The van der Waals surface area contributed by atoms with Crippen LogP contribution in [0.3, 0.4) is 0 Å². The number of fused-ring (bicyclic) bond motifs is 1. The highest BCUT2D eigenvalue weighted by atomic mass is 32.1. The number of anilines is 2. The Kier molecular flexibility index (Phi) is 4.36. The van der Waals surface area contributed by atoms with Gasteiger partial charge in [0, 0.05) is 12.3 Å². The summed E-state index contributed by atoms with van der Waals surface area (Å²) in [5, 5.41) is 4.30. The molecule has 0 spiro atoms. The van der Waals surface area contributed by atoms with Gasteiger partial charge in [0.2, 0.25) is 5.91 Å². The number of hydrogen-bond donors (Lipinski definition) is 0. The largest absolute Gasteiger partial charge is 0.292 e. The van der Waals surface area contributed by atoms with Crippen molar-refractivity contribution in [1.82, 2.24) is 14.5 Å². The van der Waals surface area contributed by atoms with E-state index in [1.54, 1.807) is 4.90 Å². The number of aromatic nitrogens is 3.